The molecule has 1 aromatic heterocycles. The van der Waals surface area contributed by atoms with E-state index in [1.165, 1.54) is 0 Å². The van der Waals surface area contributed by atoms with Crippen LogP contribution in [-0.2, 0) is 0 Å². The third kappa shape index (κ3) is 3.80. The summed E-state index contributed by atoms with van der Waals surface area (Å²) in [6, 6.07) is 1.99. The Kier molecular flexibility index (Phi) is 5.03. The first kappa shape index (κ1) is 15.0. The lowest BCUT2D eigenvalue weighted by Crippen LogP contribution is -2.40. The highest BCUT2D eigenvalue weighted by atomic mass is 79.9. The number of amides is 1. The van der Waals surface area contributed by atoms with Crippen LogP contribution in [0.3, 0.4) is 0 Å². The summed E-state index contributed by atoms with van der Waals surface area (Å²) < 4.78 is 1.07. The molecule has 1 aliphatic rings. The second-order valence-electron chi connectivity index (χ2n) is 5.57. The van der Waals surface area contributed by atoms with Crippen molar-refractivity contribution < 1.29 is 4.79 Å². The molecule has 2 heterocycles. The van der Waals surface area contributed by atoms with Gasteiger partial charge in [-0.05, 0) is 67.3 Å². The monoisotopic (exact) mass is 344 g/mol. The normalized spacial score (nSPS) is 17.2. The van der Waals surface area contributed by atoms with Gasteiger partial charge in [-0.3, -0.25) is 4.79 Å². The number of carbonyl (C=O) groups is 1. The zero-order chi connectivity index (χ0) is 14.0. The first-order valence-corrected chi connectivity index (χ1v) is 8.28. The first-order valence-electron chi connectivity index (χ1n) is 6.67. The van der Waals surface area contributed by atoms with Crippen LogP contribution < -0.4 is 0 Å². The molecule has 5 heteroatoms. The van der Waals surface area contributed by atoms with E-state index in [0.717, 1.165) is 52.6 Å². The molecule has 1 saturated heterocycles. The number of aryl methyl sites for hydroxylation is 1. The number of rotatable bonds is 3. The van der Waals surface area contributed by atoms with E-state index in [2.05, 4.69) is 34.9 Å². The van der Waals surface area contributed by atoms with Crippen LogP contribution in [0, 0.1) is 12.8 Å². The van der Waals surface area contributed by atoms with Crippen molar-refractivity contribution in [2.45, 2.75) is 19.8 Å². The maximum atomic E-state index is 12.4. The third-order valence-electron chi connectivity index (χ3n) is 3.59. The molecular formula is C14H21BrN2OS. The molecule has 0 spiro atoms. The van der Waals surface area contributed by atoms with Crippen LogP contribution >= 0.6 is 27.3 Å². The Morgan fingerprint density at radius 2 is 2.11 bits per heavy atom. The quantitative estimate of drug-likeness (QED) is 0.840. The van der Waals surface area contributed by atoms with Crippen molar-refractivity contribution in [1.29, 1.82) is 0 Å². The Bertz CT molecular complexity index is 431. The van der Waals surface area contributed by atoms with Gasteiger partial charge >= 0.3 is 0 Å². The predicted octanol–water partition coefficient (Wildman–Crippen LogP) is 3.23. The van der Waals surface area contributed by atoms with Crippen molar-refractivity contribution in [3.05, 3.63) is 20.3 Å². The summed E-state index contributed by atoms with van der Waals surface area (Å²) in [4.78, 5) is 17.5. The van der Waals surface area contributed by atoms with Gasteiger partial charge in [0.05, 0.1) is 8.66 Å². The fraction of sp³-hybridized carbons (Fsp3) is 0.643. The minimum Gasteiger partial charge on any atom is -0.338 e. The number of nitrogens with zero attached hydrogens (tertiary/aromatic N) is 2. The van der Waals surface area contributed by atoms with Gasteiger partial charge in [-0.25, -0.2) is 0 Å². The number of carbonyl (C=O) groups excluding carboxylic acids is 1. The summed E-state index contributed by atoms with van der Waals surface area (Å²) in [5, 5.41) is 0. The molecule has 0 bridgehead atoms. The maximum absolute atomic E-state index is 12.4. The number of hydrogen-bond donors (Lipinski definition) is 0. The lowest BCUT2D eigenvalue weighted by Gasteiger charge is -2.33. The molecule has 1 aromatic rings. The molecular weight excluding hydrogens is 324 g/mol. The lowest BCUT2D eigenvalue weighted by molar-refractivity contribution is 0.0683. The van der Waals surface area contributed by atoms with Gasteiger partial charge in [0.2, 0.25) is 0 Å². The van der Waals surface area contributed by atoms with Crippen molar-refractivity contribution >= 4 is 33.2 Å². The smallest absolute Gasteiger partial charge is 0.263 e. The largest absolute Gasteiger partial charge is 0.338 e. The topological polar surface area (TPSA) is 23.6 Å². The number of hydrogen-bond acceptors (Lipinski definition) is 3. The molecule has 0 unspecified atom stereocenters. The van der Waals surface area contributed by atoms with Gasteiger partial charge in [-0.1, -0.05) is 0 Å². The number of piperidine rings is 1. The van der Waals surface area contributed by atoms with Crippen molar-refractivity contribution in [2.24, 2.45) is 5.92 Å². The van der Waals surface area contributed by atoms with Crippen molar-refractivity contribution in [1.82, 2.24) is 9.80 Å². The van der Waals surface area contributed by atoms with Crippen LogP contribution in [0.2, 0.25) is 0 Å². The highest BCUT2D eigenvalue weighted by molar-refractivity contribution is 9.11. The van der Waals surface area contributed by atoms with Gasteiger partial charge in [-0.2, -0.15) is 0 Å². The summed E-state index contributed by atoms with van der Waals surface area (Å²) >= 11 is 5.03. The predicted molar refractivity (Wildman–Crippen MR) is 83.9 cm³/mol. The van der Waals surface area contributed by atoms with Crippen LogP contribution in [0.4, 0.5) is 0 Å². The average Bonchev–Trinajstić information content (AvgIpc) is 2.69. The highest BCUT2D eigenvalue weighted by Gasteiger charge is 2.25. The van der Waals surface area contributed by atoms with E-state index in [9.17, 15) is 4.79 Å². The number of thiophene rings is 1. The molecule has 2 rings (SSSR count). The maximum Gasteiger partial charge on any atom is 0.263 e. The Morgan fingerprint density at radius 1 is 1.47 bits per heavy atom. The molecule has 1 fully saturated rings. The second-order valence-corrected chi connectivity index (χ2v) is 7.94. The van der Waals surface area contributed by atoms with Crippen LogP contribution in [0.1, 0.15) is 28.1 Å². The van der Waals surface area contributed by atoms with E-state index in [0.29, 0.717) is 0 Å². The van der Waals surface area contributed by atoms with Crippen LogP contribution in [-0.4, -0.2) is 49.4 Å². The minimum absolute atomic E-state index is 0.196. The molecule has 0 atom stereocenters. The van der Waals surface area contributed by atoms with Gasteiger partial charge in [0.25, 0.3) is 5.91 Å². The third-order valence-corrected chi connectivity index (χ3v) is 5.72. The van der Waals surface area contributed by atoms with E-state index < -0.39 is 0 Å². The SMILES string of the molecule is Cc1cc(C(=O)N2CCC(CN(C)C)CC2)sc1Br. The molecule has 0 aromatic carbocycles. The molecule has 3 nitrogen and oxygen atoms in total. The molecule has 0 radical (unpaired) electrons. The van der Waals surface area contributed by atoms with E-state index in [4.69, 9.17) is 0 Å². The fourth-order valence-corrected chi connectivity index (χ4v) is 4.06. The lowest BCUT2D eigenvalue weighted by atomic mass is 9.96. The van der Waals surface area contributed by atoms with Gasteiger partial charge in [0.15, 0.2) is 0 Å². The second kappa shape index (κ2) is 6.37. The molecule has 1 amide bonds. The van der Waals surface area contributed by atoms with E-state index in [1.807, 2.05) is 17.9 Å². The standard InChI is InChI=1S/C14H21BrN2OS/c1-10-8-12(19-13(10)15)14(18)17-6-4-11(5-7-17)9-16(2)3/h8,11H,4-7,9H2,1-3H3. The summed E-state index contributed by atoms with van der Waals surface area (Å²) in [5.41, 5.74) is 1.15. The van der Waals surface area contributed by atoms with E-state index in [-0.39, 0.29) is 5.91 Å². The molecule has 0 aliphatic carbocycles. The molecule has 1 aliphatic heterocycles. The van der Waals surface area contributed by atoms with Gasteiger partial charge < -0.3 is 9.80 Å². The highest BCUT2D eigenvalue weighted by Crippen LogP contribution is 2.29. The summed E-state index contributed by atoms with van der Waals surface area (Å²) in [7, 11) is 4.23. The number of halogens is 1. The van der Waals surface area contributed by atoms with Crippen LogP contribution in [0.5, 0.6) is 0 Å². The zero-order valence-electron chi connectivity index (χ0n) is 11.8. The summed E-state index contributed by atoms with van der Waals surface area (Å²) in [6.07, 6.45) is 2.24. The van der Waals surface area contributed by atoms with Crippen LogP contribution in [0.15, 0.2) is 9.85 Å². The van der Waals surface area contributed by atoms with Crippen LogP contribution in [0.25, 0.3) is 0 Å². The van der Waals surface area contributed by atoms with Gasteiger partial charge in [0.1, 0.15) is 0 Å². The fourth-order valence-electron chi connectivity index (χ4n) is 2.56. The van der Waals surface area contributed by atoms with Crippen molar-refractivity contribution in [3.63, 3.8) is 0 Å². The summed E-state index contributed by atoms with van der Waals surface area (Å²) in [5.74, 6) is 0.929. The Balaban J connectivity index is 1.92. The molecule has 106 valence electrons. The van der Waals surface area contributed by atoms with E-state index in [1.54, 1.807) is 11.3 Å². The number of likely N-dealkylation sites (tertiary alicyclic amines) is 1. The van der Waals surface area contributed by atoms with Gasteiger partial charge in [0, 0.05) is 19.6 Å². The zero-order valence-corrected chi connectivity index (χ0v) is 14.2. The van der Waals surface area contributed by atoms with Crippen molar-refractivity contribution in [3.8, 4) is 0 Å². The summed E-state index contributed by atoms with van der Waals surface area (Å²) in [6.45, 7) is 4.95. The first-order chi connectivity index (χ1) is 8.97. The van der Waals surface area contributed by atoms with E-state index >= 15 is 0 Å². The molecule has 0 N–H and O–H groups in total. The van der Waals surface area contributed by atoms with Gasteiger partial charge in [-0.15, -0.1) is 11.3 Å². The average molecular weight is 345 g/mol. The minimum atomic E-state index is 0.196. The van der Waals surface area contributed by atoms with Crippen molar-refractivity contribution in [2.75, 3.05) is 33.7 Å². The Morgan fingerprint density at radius 3 is 2.58 bits per heavy atom. The molecule has 0 saturated carbocycles. The Labute approximate surface area is 127 Å². The Hall–Kier alpha value is -0.390. The molecule has 19 heavy (non-hydrogen) atoms.